The smallest absolute Gasteiger partial charge is 0.284 e. The number of amides is 1. The Morgan fingerprint density at radius 3 is 2.80 bits per heavy atom. The number of fused-ring (bicyclic) bond motifs is 3. The van der Waals surface area contributed by atoms with Crippen molar-refractivity contribution in [3.63, 3.8) is 0 Å². The molecule has 1 aromatic carbocycles. The molecule has 2 N–H and O–H groups in total. The molecule has 0 fully saturated rings. The third-order valence-electron chi connectivity index (χ3n) is 3.33. The van der Waals surface area contributed by atoms with Gasteiger partial charge in [-0.3, -0.25) is 4.79 Å². The first kappa shape index (κ1) is 12.7. The van der Waals surface area contributed by atoms with E-state index in [4.69, 9.17) is 10.5 Å². The second-order valence-corrected chi connectivity index (χ2v) is 4.58. The normalized spacial score (nSPS) is 13.6. The molecule has 0 radical (unpaired) electrons. The highest BCUT2D eigenvalue weighted by molar-refractivity contribution is 5.99. The number of aromatic nitrogens is 1. The second-order valence-electron chi connectivity index (χ2n) is 4.58. The Labute approximate surface area is 112 Å². The van der Waals surface area contributed by atoms with Crippen LogP contribution in [0.15, 0.2) is 12.1 Å². The van der Waals surface area contributed by atoms with E-state index in [-0.39, 0.29) is 16.5 Å². The number of nitrogens with two attached hydrogens (primary N) is 1. The monoisotopic (exact) mass is 279 g/mol. The van der Waals surface area contributed by atoms with Crippen LogP contribution in [0.4, 0.5) is 14.7 Å². The maximum Gasteiger partial charge on any atom is 0.284 e. The van der Waals surface area contributed by atoms with Gasteiger partial charge >= 0.3 is 0 Å². The number of hydrogen-bond acceptors (Lipinski definition) is 4. The summed E-state index contributed by atoms with van der Waals surface area (Å²) in [7, 11) is 0.917. The molecule has 0 unspecified atom stereocenters. The molecule has 20 heavy (non-hydrogen) atoms. The summed E-state index contributed by atoms with van der Waals surface area (Å²) in [5.74, 6) is -1.60. The second kappa shape index (κ2) is 4.38. The van der Waals surface area contributed by atoms with Crippen LogP contribution < -0.4 is 5.73 Å². The predicted octanol–water partition coefficient (Wildman–Crippen LogP) is 1.94. The van der Waals surface area contributed by atoms with Crippen molar-refractivity contribution >= 4 is 22.6 Å². The van der Waals surface area contributed by atoms with E-state index >= 15 is 0 Å². The van der Waals surface area contributed by atoms with E-state index < -0.39 is 11.7 Å². The molecule has 0 aliphatic carbocycles. The lowest BCUT2D eigenvalue weighted by molar-refractivity contribution is 0.0338. The molecule has 3 rings (SSSR count). The van der Waals surface area contributed by atoms with Gasteiger partial charge in [0.2, 0.25) is 0 Å². The van der Waals surface area contributed by atoms with Crippen molar-refractivity contribution in [3.8, 4) is 0 Å². The summed E-state index contributed by atoms with van der Waals surface area (Å²) < 4.78 is 32.1. The van der Waals surface area contributed by atoms with E-state index in [1.54, 1.807) is 0 Å². The average Bonchev–Trinajstić information content (AvgIpc) is 2.87. The summed E-state index contributed by atoms with van der Waals surface area (Å²) in [5.41, 5.74) is 7.26. The number of hydrogen-bond donors (Lipinski definition) is 1. The van der Waals surface area contributed by atoms with Gasteiger partial charge in [0, 0.05) is 24.1 Å². The molecule has 1 aliphatic heterocycles. The lowest BCUT2D eigenvalue weighted by Crippen LogP contribution is -2.19. The fourth-order valence-electron chi connectivity index (χ4n) is 2.32. The topological polar surface area (TPSA) is 68.5 Å². The number of carbonyl (C=O) groups is 1. The van der Waals surface area contributed by atoms with Crippen LogP contribution >= 0.6 is 0 Å². The molecule has 2 heterocycles. The van der Waals surface area contributed by atoms with Crippen LogP contribution in [0.1, 0.15) is 21.5 Å². The quantitative estimate of drug-likeness (QED) is 0.810. The molecule has 104 valence electrons. The van der Waals surface area contributed by atoms with E-state index in [0.717, 1.165) is 24.2 Å². The molecule has 5 nitrogen and oxygen atoms in total. The maximum atomic E-state index is 13.9. The number of nitrogens with zero attached hydrogens (tertiary/aromatic N) is 2. The molecule has 1 amide bonds. The zero-order valence-electron chi connectivity index (χ0n) is 10.6. The van der Waals surface area contributed by atoms with Gasteiger partial charge in [0.05, 0.1) is 24.3 Å². The fourth-order valence-corrected chi connectivity index (χ4v) is 2.32. The highest BCUT2D eigenvalue weighted by Gasteiger charge is 2.23. The standard InChI is InChI=1S/C13H11F2N3O2/c1-18(15)13(19)7-2-6-8-4-20-5-9(8)12(16)17-11(6)3-10(7)14/h2-3H,4-5H2,1H3,(H2,16,17). The molecule has 0 saturated heterocycles. The van der Waals surface area contributed by atoms with Gasteiger partial charge in [-0.1, -0.05) is 4.48 Å². The minimum Gasteiger partial charge on any atom is -0.383 e. The highest BCUT2D eigenvalue weighted by Crippen LogP contribution is 2.32. The van der Waals surface area contributed by atoms with Gasteiger partial charge < -0.3 is 10.5 Å². The first-order valence-corrected chi connectivity index (χ1v) is 5.91. The molecule has 1 aliphatic rings. The number of ether oxygens (including phenoxy) is 1. The van der Waals surface area contributed by atoms with E-state index in [1.807, 2.05) is 0 Å². The Bertz CT molecular complexity index is 731. The molecule has 1 aromatic heterocycles. The van der Waals surface area contributed by atoms with Crippen molar-refractivity contribution in [2.45, 2.75) is 13.2 Å². The van der Waals surface area contributed by atoms with Crippen molar-refractivity contribution in [1.82, 2.24) is 10.1 Å². The van der Waals surface area contributed by atoms with Crippen molar-refractivity contribution in [2.24, 2.45) is 0 Å². The van der Waals surface area contributed by atoms with Gasteiger partial charge in [-0.05, 0) is 11.6 Å². The van der Waals surface area contributed by atoms with Crippen molar-refractivity contribution < 1.29 is 18.4 Å². The van der Waals surface area contributed by atoms with Crippen LogP contribution in [0.3, 0.4) is 0 Å². The van der Waals surface area contributed by atoms with Crippen LogP contribution in [-0.2, 0) is 18.0 Å². The molecule has 7 heteroatoms. The Morgan fingerprint density at radius 2 is 2.10 bits per heavy atom. The van der Waals surface area contributed by atoms with Crippen molar-refractivity contribution in [1.29, 1.82) is 0 Å². The third kappa shape index (κ3) is 1.78. The van der Waals surface area contributed by atoms with Crippen molar-refractivity contribution in [3.05, 3.63) is 34.6 Å². The number of nitrogen functional groups attached to an aromatic ring is 1. The van der Waals surface area contributed by atoms with Crippen LogP contribution in [0.25, 0.3) is 10.9 Å². The van der Waals surface area contributed by atoms with E-state index in [2.05, 4.69) is 4.98 Å². The molecular weight excluding hydrogens is 268 g/mol. The Kier molecular flexibility index (Phi) is 2.79. The number of carbonyl (C=O) groups excluding carboxylic acids is 1. The van der Waals surface area contributed by atoms with E-state index in [0.29, 0.717) is 24.1 Å². The first-order chi connectivity index (χ1) is 9.49. The maximum absolute atomic E-state index is 13.9. The number of benzene rings is 1. The van der Waals surface area contributed by atoms with Gasteiger partial charge in [-0.2, -0.15) is 5.12 Å². The highest BCUT2D eigenvalue weighted by atomic mass is 19.2. The Hall–Kier alpha value is -2.28. The van der Waals surface area contributed by atoms with Gasteiger partial charge in [0.25, 0.3) is 5.91 Å². The number of halogens is 2. The van der Waals surface area contributed by atoms with Crippen LogP contribution in [-0.4, -0.2) is 23.1 Å². The van der Waals surface area contributed by atoms with Crippen molar-refractivity contribution in [2.75, 3.05) is 12.8 Å². The average molecular weight is 279 g/mol. The lowest BCUT2D eigenvalue weighted by Gasteiger charge is -2.10. The van der Waals surface area contributed by atoms with Gasteiger partial charge in [-0.25, -0.2) is 9.37 Å². The van der Waals surface area contributed by atoms with Gasteiger partial charge in [0.15, 0.2) is 0 Å². The molecule has 2 aromatic rings. The number of anilines is 1. The summed E-state index contributed by atoms with van der Waals surface area (Å²) >= 11 is 0. The van der Waals surface area contributed by atoms with Gasteiger partial charge in [-0.15, -0.1) is 0 Å². The number of pyridine rings is 1. The minimum atomic E-state index is -1.05. The SMILES string of the molecule is CN(F)C(=O)c1cc2c3c(c(N)nc2cc1F)COC3. The fraction of sp³-hybridized carbons (Fsp3) is 0.231. The Morgan fingerprint density at radius 1 is 1.40 bits per heavy atom. The largest absolute Gasteiger partial charge is 0.383 e. The van der Waals surface area contributed by atoms with Crippen LogP contribution in [0.2, 0.25) is 0 Å². The predicted molar refractivity (Wildman–Crippen MR) is 67.8 cm³/mol. The zero-order valence-corrected chi connectivity index (χ0v) is 10.6. The summed E-state index contributed by atoms with van der Waals surface area (Å²) in [5, 5.41) is 0.393. The molecule has 0 bridgehead atoms. The van der Waals surface area contributed by atoms with Crippen LogP contribution in [0.5, 0.6) is 0 Å². The summed E-state index contributed by atoms with van der Waals surface area (Å²) in [6, 6.07) is 2.38. The molecule has 0 atom stereocenters. The zero-order chi connectivity index (χ0) is 14.4. The Balaban J connectivity index is 2.29. The lowest BCUT2D eigenvalue weighted by atomic mass is 10.0. The molecule has 0 spiro atoms. The van der Waals surface area contributed by atoms with Crippen LogP contribution in [0, 0.1) is 5.82 Å². The minimum absolute atomic E-state index is 0.161. The van der Waals surface area contributed by atoms with E-state index in [9.17, 15) is 13.7 Å². The molecule has 0 saturated carbocycles. The van der Waals surface area contributed by atoms with E-state index in [1.165, 1.54) is 6.07 Å². The number of rotatable bonds is 1. The summed E-state index contributed by atoms with van der Waals surface area (Å²) in [4.78, 5) is 15.7. The third-order valence-corrected chi connectivity index (χ3v) is 3.33. The summed E-state index contributed by atoms with van der Waals surface area (Å²) in [6.45, 7) is 0.636. The first-order valence-electron chi connectivity index (χ1n) is 5.91. The summed E-state index contributed by atoms with van der Waals surface area (Å²) in [6.07, 6.45) is 0. The van der Waals surface area contributed by atoms with Gasteiger partial charge in [0.1, 0.15) is 11.6 Å². The molecular formula is C13H11F2N3O2.